The summed E-state index contributed by atoms with van der Waals surface area (Å²) in [6, 6.07) is 0. The lowest BCUT2D eigenvalue weighted by atomic mass is 10.2. The number of ether oxygens (including phenoxy) is 3. The van der Waals surface area contributed by atoms with Crippen molar-refractivity contribution in [2.24, 2.45) is 0 Å². The summed E-state index contributed by atoms with van der Waals surface area (Å²) in [4.78, 5) is 11.6. The Morgan fingerprint density at radius 2 is 1.67 bits per heavy atom. The first-order valence-electron chi connectivity index (χ1n) is 7.78. The van der Waals surface area contributed by atoms with Gasteiger partial charge in [-0.25, -0.2) is 4.79 Å². The average Bonchev–Trinajstić information content (AvgIpc) is 3.15. The standard InChI is InChI=1S/C17H24O4/c1-2-19-17(18)11-14(12-20-15-7-3-4-8-15)13-21-16-9-5-6-10-16/h7,9,11H,2-6,8,10,12-13H2,1H3. The molecule has 21 heavy (non-hydrogen) atoms. The summed E-state index contributed by atoms with van der Waals surface area (Å²) in [5, 5.41) is 0. The number of hydrogen-bond donors (Lipinski definition) is 0. The third-order valence-electron chi connectivity index (χ3n) is 3.49. The summed E-state index contributed by atoms with van der Waals surface area (Å²) < 4.78 is 16.5. The van der Waals surface area contributed by atoms with Gasteiger partial charge in [0, 0.05) is 24.5 Å². The Hall–Kier alpha value is -1.71. The van der Waals surface area contributed by atoms with Crippen molar-refractivity contribution in [1.82, 2.24) is 0 Å². The molecule has 0 bridgehead atoms. The molecule has 0 heterocycles. The molecule has 2 rings (SSSR count). The van der Waals surface area contributed by atoms with Gasteiger partial charge in [-0.1, -0.05) is 0 Å². The van der Waals surface area contributed by atoms with Crippen LogP contribution in [0.5, 0.6) is 0 Å². The highest BCUT2D eigenvalue weighted by atomic mass is 16.5. The Morgan fingerprint density at radius 1 is 1.10 bits per heavy atom. The van der Waals surface area contributed by atoms with Gasteiger partial charge in [0.05, 0.1) is 18.1 Å². The van der Waals surface area contributed by atoms with E-state index in [1.807, 2.05) is 0 Å². The van der Waals surface area contributed by atoms with Gasteiger partial charge in [-0.2, -0.15) is 0 Å². The fourth-order valence-electron chi connectivity index (χ4n) is 2.39. The maximum Gasteiger partial charge on any atom is 0.330 e. The second kappa shape index (κ2) is 8.55. The SMILES string of the molecule is CCOC(=O)C=C(COC1=CCCC1)COC1=CCCC1. The third kappa shape index (κ3) is 5.66. The van der Waals surface area contributed by atoms with Crippen LogP contribution in [0.25, 0.3) is 0 Å². The van der Waals surface area contributed by atoms with E-state index < -0.39 is 0 Å². The van der Waals surface area contributed by atoms with Gasteiger partial charge in [0.2, 0.25) is 0 Å². The van der Waals surface area contributed by atoms with Crippen LogP contribution in [-0.4, -0.2) is 25.8 Å². The minimum absolute atomic E-state index is 0.333. The molecule has 0 saturated heterocycles. The first kappa shape index (κ1) is 15.7. The molecule has 4 nitrogen and oxygen atoms in total. The number of hydrogen-bond acceptors (Lipinski definition) is 4. The van der Waals surface area contributed by atoms with E-state index in [1.165, 1.54) is 6.08 Å². The maximum absolute atomic E-state index is 11.6. The van der Waals surface area contributed by atoms with Crippen molar-refractivity contribution in [3.63, 3.8) is 0 Å². The van der Waals surface area contributed by atoms with Crippen LogP contribution in [0, 0.1) is 0 Å². The van der Waals surface area contributed by atoms with Gasteiger partial charge in [0.15, 0.2) is 0 Å². The van der Waals surface area contributed by atoms with Crippen molar-refractivity contribution in [1.29, 1.82) is 0 Å². The zero-order valence-electron chi connectivity index (χ0n) is 12.7. The molecule has 4 heteroatoms. The van der Waals surface area contributed by atoms with Crippen LogP contribution in [-0.2, 0) is 19.0 Å². The lowest BCUT2D eigenvalue weighted by Gasteiger charge is -2.12. The number of rotatable bonds is 8. The van der Waals surface area contributed by atoms with Crippen LogP contribution in [0.3, 0.4) is 0 Å². The zero-order valence-corrected chi connectivity index (χ0v) is 12.7. The molecule has 0 aliphatic heterocycles. The lowest BCUT2D eigenvalue weighted by Crippen LogP contribution is -2.09. The predicted octanol–water partition coefficient (Wildman–Crippen LogP) is 3.64. The zero-order chi connectivity index (χ0) is 14.9. The van der Waals surface area contributed by atoms with Gasteiger partial charge in [-0.3, -0.25) is 0 Å². The van der Waals surface area contributed by atoms with Gasteiger partial charge in [-0.15, -0.1) is 0 Å². The molecule has 0 amide bonds. The first-order chi connectivity index (χ1) is 10.3. The van der Waals surface area contributed by atoms with E-state index in [0.29, 0.717) is 19.8 Å². The Bertz CT molecular complexity index is 416. The minimum Gasteiger partial charge on any atom is -0.494 e. The summed E-state index contributed by atoms with van der Waals surface area (Å²) in [7, 11) is 0. The monoisotopic (exact) mass is 292 g/mol. The van der Waals surface area contributed by atoms with Crippen LogP contribution >= 0.6 is 0 Å². The number of carbonyl (C=O) groups is 1. The molecule has 2 aliphatic rings. The van der Waals surface area contributed by atoms with Crippen molar-refractivity contribution < 1.29 is 19.0 Å². The summed E-state index contributed by atoms with van der Waals surface area (Å²) >= 11 is 0. The minimum atomic E-state index is -0.333. The van der Waals surface area contributed by atoms with E-state index in [-0.39, 0.29) is 5.97 Å². The number of allylic oxidation sites excluding steroid dienone is 4. The third-order valence-corrected chi connectivity index (χ3v) is 3.49. The molecule has 0 fully saturated rings. The van der Waals surface area contributed by atoms with Crippen molar-refractivity contribution in [3.8, 4) is 0 Å². The van der Waals surface area contributed by atoms with Gasteiger partial charge in [0.1, 0.15) is 13.2 Å². The topological polar surface area (TPSA) is 44.8 Å². The van der Waals surface area contributed by atoms with E-state index in [2.05, 4.69) is 12.2 Å². The van der Waals surface area contributed by atoms with Crippen molar-refractivity contribution >= 4 is 5.97 Å². The summed E-state index contributed by atoms with van der Waals surface area (Å²) in [5.74, 6) is 1.70. The van der Waals surface area contributed by atoms with E-state index in [4.69, 9.17) is 14.2 Å². The van der Waals surface area contributed by atoms with Gasteiger partial charge >= 0.3 is 5.97 Å². The normalized spacial score (nSPS) is 17.0. The van der Waals surface area contributed by atoms with Crippen LogP contribution in [0.2, 0.25) is 0 Å². The van der Waals surface area contributed by atoms with Crippen molar-refractivity contribution in [2.45, 2.75) is 45.4 Å². The van der Waals surface area contributed by atoms with E-state index in [0.717, 1.165) is 55.6 Å². The summed E-state index contributed by atoms with van der Waals surface area (Å²) in [5.41, 5.74) is 0.814. The second-order valence-corrected chi connectivity index (χ2v) is 5.26. The molecule has 0 unspecified atom stereocenters. The largest absolute Gasteiger partial charge is 0.494 e. The van der Waals surface area contributed by atoms with Gasteiger partial charge in [-0.05, 0) is 44.8 Å². The lowest BCUT2D eigenvalue weighted by molar-refractivity contribution is -0.137. The molecule has 0 N–H and O–H groups in total. The number of carbonyl (C=O) groups excluding carboxylic acids is 1. The molecule has 0 radical (unpaired) electrons. The Morgan fingerprint density at radius 3 is 2.10 bits per heavy atom. The molecule has 0 aromatic carbocycles. The fraction of sp³-hybridized carbons (Fsp3) is 0.588. The van der Waals surface area contributed by atoms with Crippen molar-refractivity contribution in [3.05, 3.63) is 35.3 Å². The second-order valence-electron chi connectivity index (χ2n) is 5.26. The van der Waals surface area contributed by atoms with Gasteiger partial charge < -0.3 is 14.2 Å². The van der Waals surface area contributed by atoms with Crippen LogP contribution in [0.15, 0.2) is 35.3 Å². The average molecular weight is 292 g/mol. The number of esters is 1. The molecule has 0 aromatic rings. The molecular formula is C17H24O4. The summed E-state index contributed by atoms with van der Waals surface area (Å²) in [6.07, 6.45) is 12.1. The molecule has 0 saturated carbocycles. The highest BCUT2D eigenvalue weighted by Crippen LogP contribution is 2.21. The molecule has 2 aliphatic carbocycles. The Kier molecular flexibility index (Phi) is 6.38. The Balaban J connectivity index is 1.86. The van der Waals surface area contributed by atoms with E-state index in [1.54, 1.807) is 6.92 Å². The maximum atomic E-state index is 11.6. The highest BCUT2D eigenvalue weighted by molar-refractivity contribution is 5.82. The van der Waals surface area contributed by atoms with Crippen LogP contribution in [0.1, 0.15) is 45.4 Å². The molecular weight excluding hydrogens is 268 g/mol. The highest BCUT2D eigenvalue weighted by Gasteiger charge is 2.11. The van der Waals surface area contributed by atoms with Crippen LogP contribution in [0.4, 0.5) is 0 Å². The fourth-order valence-corrected chi connectivity index (χ4v) is 2.39. The van der Waals surface area contributed by atoms with E-state index >= 15 is 0 Å². The smallest absolute Gasteiger partial charge is 0.330 e. The quantitative estimate of drug-likeness (QED) is 0.506. The first-order valence-corrected chi connectivity index (χ1v) is 7.78. The van der Waals surface area contributed by atoms with E-state index in [9.17, 15) is 4.79 Å². The summed E-state index contributed by atoms with van der Waals surface area (Å²) in [6.45, 7) is 2.95. The molecule has 0 aromatic heterocycles. The molecule has 0 spiro atoms. The molecule has 116 valence electrons. The Labute approximate surface area is 126 Å². The van der Waals surface area contributed by atoms with Gasteiger partial charge in [0.25, 0.3) is 0 Å². The van der Waals surface area contributed by atoms with Crippen molar-refractivity contribution in [2.75, 3.05) is 19.8 Å². The predicted molar refractivity (Wildman–Crippen MR) is 80.5 cm³/mol. The molecule has 0 atom stereocenters. The van der Waals surface area contributed by atoms with Crippen LogP contribution < -0.4 is 0 Å².